The molecular weight excluding hydrogens is 244 g/mol. The highest BCUT2D eigenvalue weighted by molar-refractivity contribution is 7.11. The Bertz CT molecular complexity index is 380. The van der Waals surface area contributed by atoms with E-state index in [2.05, 4.69) is 28.8 Å². The minimum Gasteiger partial charge on any atom is -0.323 e. The molecule has 0 radical (unpaired) electrons. The predicted molar refractivity (Wildman–Crippen MR) is 77.1 cm³/mol. The number of rotatable bonds is 4. The van der Waals surface area contributed by atoms with Crippen LogP contribution >= 0.6 is 11.3 Å². The second kappa shape index (κ2) is 6.10. The lowest BCUT2D eigenvalue weighted by Crippen LogP contribution is -2.45. The molecule has 2 rings (SSSR count). The number of likely N-dealkylation sites (N-methyl/N-ethyl adjacent to an activating group) is 1. The number of aryl methyl sites for hydroxylation is 1. The maximum atomic E-state index is 5.94. The number of aromatic nitrogens is 1. The Balaban J connectivity index is 1.85. The van der Waals surface area contributed by atoms with E-state index in [4.69, 9.17) is 5.73 Å². The molecule has 102 valence electrons. The highest BCUT2D eigenvalue weighted by Crippen LogP contribution is 2.23. The van der Waals surface area contributed by atoms with E-state index < -0.39 is 0 Å². The van der Waals surface area contributed by atoms with Gasteiger partial charge in [-0.15, -0.1) is 11.3 Å². The first-order valence-corrected chi connectivity index (χ1v) is 7.50. The number of nitrogens with two attached hydrogens (primary N) is 1. The summed E-state index contributed by atoms with van der Waals surface area (Å²) in [6.45, 7) is 9.95. The van der Waals surface area contributed by atoms with Crippen LogP contribution < -0.4 is 5.73 Å². The Morgan fingerprint density at radius 3 is 2.56 bits per heavy atom. The van der Waals surface area contributed by atoms with Gasteiger partial charge in [-0.3, -0.25) is 0 Å². The molecule has 1 unspecified atom stereocenters. The highest BCUT2D eigenvalue weighted by atomic mass is 32.1. The molecule has 0 spiro atoms. The maximum absolute atomic E-state index is 5.94. The summed E-state index contributed by atoms with van der Waals surface area (Å²) in [4.78, 5) is 10.8. The molecule has 1 aromatic heterocycles. The third-order valence-corrected chi connectivity index (χ3v) is 4.95. The van der Waals surface area contributed by atoms with Crippen molar-refractivity contribution in [2.24, 2.45) is 5.73 Å². The predicted octanol–water partition coefficient (Wildman–Crippen LogP) is 1.26. The van der Waals surface area contributed by atoms with Crippen molar-refractivity contribution < 1.29 is 0 Å². The molecule has 2 N–H and O–H groups in total. The van der Waals surface area contributed by atoms with E-state index in [9.17, 15) is 0 Å². The monoisotopic (exact) mass is 268 g/mol. The summed E-state index contributed by atoms with van der Waals surface area (Å²) in [6.07, 6.45) is 1.06. The molecule has 1 aliphatic heterocycles. The smallest absolute Gasteiger partial charge is 0.0944 e. The summed E-state index contributed by atoms with van der Waals surface area (Å²) in [5, 5.41) is 1.23. The van der Waals surface area contributed by atoms with Crippen molar-refractivity contribution in [2.45, 2.75) is 26.3 Å². The van der Waals surface area contributed by atoms with Crippen LogP contribution in [0.5, 0.6) is 0 Å². The van der Waals surface area contributed by atoms with Crippen LogP contribution in [-0.4, -0.2) is 54.6 Å². The lowest BCUT2D eigenvalue weighted by atomic mass is 10.2. The Labute approximate surface area is 114 Å². The summed E-state index contributed by atoms with van der Waals surface area (Å²) in [5.74, 6) is 0. The molecule has 0 amide bonds. The summed E-state index contributed by atoms with van der Waals surface area (Å²) < 4.78 is 0. The van der Waals surface area contributed by atoms with E-state index in [-0.39, 0.29) is 6.04 Å². The third-order valence-electron chi connectivity index (χ3n) is 3.53. The average Bonchev–Trinajstić information content (AvgIpc) is 2.70. The van der Waals surface area contributed by atoms with Crippen molar-refractivity contribution in [2.75, 3.05) is 39.8 Å². The molecule has 0 aromatic carbocycles. The molecule has 1 atom stereocenters. The molecule has 1 fully saturated rings. The van der Waals surface area contributed by atoms with Crippen molar-refractivity contribution in [3.05, 3.63) is 15.6 Å². The lowest BCUT2D eigenvalue weighted by Gasteiger charge is -2.32. The Morgan fingerprint density at radius 2 is 2.00 bits per heavy atom. The Hall–Kier alpha value is -0.490. The highest BCUT2D eigenvalue weighted by Gasteiger charge is 2.15. The first-order chi connectivity index (χ1) is 8.56. The molecule has 18 heavy (non-hydrogen) atoms. The molecule has 1 saturated heterocycles. The van der Waals surface area contributed by atoms with Gasteiger partial charge in [-0.05, 0) is 20.9 Å². The zero-order valence-electron chi connectivity index (χ0n) is 11.6. The van der Waals surface area contributed by atoms with Gasteiger partial charge in [0.15, 0.2) is 0 Å². The second-order valence-electron chi connectivity index (χ2n) is 5.24. The van der Waals surface area contributed by atoms with E-state index in [1.54, 1.807) is 11.3 Å². The van der Waals surface area contributed by atoms with Crippen LogP contribution in [0.15, 0.2) is 0 Å². The van der Waals surface area contributed by atoms with E-state index >= 15 is 0 Å². The molecular formula is C13H24N4S. The van der Waals surface area contributed by atoms with Crippen LogP contribution in [0.3, 0.4) is 0 Å². The minimum atomic E-state index is 0.111. The van der Waals surface area contributed by atoms with Crippen molar-refractivity contribution in [3.63, 3.8) is 0 Å². The summed E-state index contributed by atoms with van der Waals surface area (Å²) >= 11 is 1.78. The van der Waals surface area contributed by atoms with Gasteiger partial charge in [-0.1, -0.05) is 0 Å². The Kier molecular flexibility index (Phi) is 4.72. The average molecular weight is 268 g/mol. The fraction of sp³-hybridized carbons (Fsp3) is 0.769. The molecule has 1 aromatic rings. The second-order valence-corrected chi connectivity index (χ2v) is 6.36. The molecule has 2 heterocycles. The van der Waals surface area contributed by atoms with Crippen LogP contribution in [0.25, 0.3) is 0 Å². The van der Waals surface area contributed by atoms with Crippen molar-refractivity contribution in [1.82, 2.24) is 14.8 Å². The van der Waals surface area contributed by atoms with Crippen LogP contribution in [0.4, 0.5) is 0 Å². The number of hydrogen-bond acceptors (Lipinski definition) is 5. The number of thiazole rings is 1. The molecule has 0 aliphatic carbocycles. The van der Waals surface area contributed by atoms with Crippen molar-refractivity contribution in [3.8, 4) is 0 Å². The summed E-state index contributed by atoms with van der Waals surface area (Å²) in [5.41, 5.74) is 7.05. The van der Waals surface area contributed by atoms with Crippen LogP contribution in [0.2, 0.25) is 0 Å². The van der Waals surface area contributed by atoms with Gasteiger partial charge >= 0.3 is 0 Å². The van der Waals surface area contributed by atoms with Gasteiger partial charge in [0.1, 0.15) is 0 Å². The van der Waals surface area contributed by atoms with Gasteiger partial charge in [0, 0.05) is 50.1 Å². The lowest BCUT2D eigenvalue weighted by molar-refractivity contribution is 0.155. The van der Waals surface area contributed by atoms with Crippen LogP contribution in [0, 0.1) is 6.92 Å². The quantitative estimate of drug-likeness (QED) is 0.893. The van der Waals surface area contributed by atoms with Crippen molar-refractivity contribution in [1.29, 1.82) is 0 Å². The fourth-order valence-electron chi connectivity index (χ4n) is 2.32. The first-order valence-electron chi connectivity index (χ1n) is 6.69. The normalized spacial score (nSPS) is 20.2. The molecule has 0 saturated carbocycles. The van der Waals surface area contributed by atoms with Gasteiger partial charge < -0.3 is 15.5 Å². The van der Waals surface area contributed by atoms with Gasteiger partial charge in [-0.2, -0.15) is 0 Å². The Morgan fingerprint density at radius 1 is 1.33 bits per heavy atom. The summed E-state index contributed by atoms with van der Waals surface area (Å²) in [7, 11) is 2.19. The summed E-state index contributed by atoms with van der Waals surface area (Å²) in [6, 6.07) is 0.111. The number of nitrogens with zero attached hydrogens (tertiary/aromatic N) is 3. The van der Waals surface area contributed by atoms with Gasteiger partial charge in [0.05, 0.1) is 10.7 Å². The topological polar surface area (TPSA) is 45.4 Å². The maximum Gasteiger partial charge on any atom is 0.0944 e. The fourth-order valence-corrected chi connectivity index (χ4v) is 3.33. The molecule has 4 nitrogen and oxygen atoms in total. The number of hydrogen-bond donors (Lipinski definition) is 1. The van der Waals surface area contributed by atoms with Crippen molar-refractivity contribution >= 4 is 11.3 Å². The van der Waals surface area contributed by atoms with Crippen LogP contribution in [0.1, 0.15) is 28.5 Å². The third kappa shape index (κ3) is 3.51. The largest absolute Gasteiger partial charge is 0.323 e. The zero-order chi connectivity index (χ0) is 13.1. The zero-order valence-corrected chi connectivity index (χ0v) is 12.5. The molecule has 0 bridgehead atoms. The van der Waals surface area contributed by atoms with Gasteiger partial charge in [0.25, 0.3) is 0 Å². The van der Waals surface area contributed by atoms with Gasteiger partial charge in [0.2, 0.25) is 0 Å². The number of piperazine rings is 1. The minimum absolute atomic E-state index is 0.111. The molecule has 5 heteroatoms. The van der Waals surface area contributed by atoms with E-state index in [1.165, 1.54) is 36.1 Å². The first kappa shape index (κ1) is 13.9. The SMILES string of the molecule is Cc1nc(CCN2CCN(C)CC2)sc1C(C)N. The molecule has 1 aliphatic rings. The standard InChI is InChI=1S/C13H24N4S/c1-10(14)13-11(2)15-12(18-13)4-5-17-8-6-16(3)7-9-17/h10H,4-9,14H2,1-3H3. The van der Waals surface area contributed by atoms with E-state index in [1.807, 2.05) is 6.92 Å². The van der Waals surface area contributed by atoms with Gasteiger partial charge in [-0.25, -0.2) is 4.98 Å². The van der Waals surface area contributed by atoms with Crippen LogP contribution in [-0.2, 0) is 6.42 Å². The van der Waals surface area contributed by atoms with E-state index in [0.717, 1.165) is 18.7 Å². The van der Waals surface area contributed by atoms with E-state index in [0.29, 0.717) is 0 Å².